The lowest BCUT2D eigenvalue weighted by Gasteiger charge is -2.07. The molecule has 0 amide bonds. The Kier molecular flexibility index (Phi) is 4.38. The van der Waals surface area contributed by atoms with Crippen molar-refractivity contribution in [3.05, 3.63) is 33.0 Å². The van der Waals surface area contributed by atoms with Gasteiger partial charge in [0.25, 0.3) is 5.95 Å². The SMILES string of the molecule is COc1c(Br)cc(Br)cc1/C=N/Nc1nncn1N. The molecule has 1 aromatic heterocycles. The van der Waals surface area contributed by atoms with Gasteiger partial charge in [0, 0.05) is 10.0 Å². The van der Waals surface area contributed by atoms with Crippen molar-refractivity contribution in [1.29, 1.82) is 0 Å². The van der Waals surface area contributed by atoms with Crippen LogP contribution in [0.5, 0.6) is 5.75 Å². The number of nitrogen functional groups attached to an aromatic ring is 1. The van der Waals surface area contributed by atoms with Gasteiger partial charge >= 0.3 is 0 Å². The van der Waals surface area contributed by atoms with Gasteiger partial charge in [-0.15, -0.1) is 10.2 Å². The molecule has 0 bridgehead atoms. The molecular weight excluding hydrogens is 380 g/mol. The van der Waals surface area contributed by atoms with Crippen LogP contribution >= 0.6 is 31.9 Å². The summed E-state index contributed by atoms with van der Waals surface area (Å²) < 4.78 is 8.26. The lowest BCUT2D eigenvalue weighted by Crippen LogP contribution is -2.10. The molecule has 1 aromatic carbocycles. The summed E-state index contributed by atoms with van der Waals surface area (Å²) in [6.45, 7) is 0. The molecule has 0 radical (unpaired) electrons. The van der Waals surface area contributed by atoms with Crippen molar-refractivity contribution in [2.45, 2.75) is 0 Å². The van der Waals surface area contributed by atoms with Crippen LogP contribution in [0, 0.1) is 0 Å². The maximum atomic E-state index is 5.54. The van der Waals surface area contributed by atoms with Gasteiger partial charge in [-0.25, -0.2) is 10.1 Å². The van der Waals surface area contributed by atoms with Gasteiger partial charge in [-0.3, -0.25) is 0 Å². The maximum Gasteiger partial charge on any atom is 0.263 e. The second-order valence-corrected chi connectivity index (χ2v) is 5.21. The van der Waals surface area contributed by atoms with Crippen molar-refractivity contribution in [2.24, 2.45) is 5.10 Å². The van der Waals surface area contributed by atoms with E-state index < -0.39 is 0 Å². The Morgan fingerprint density at radius 3 is 2.89 bits per heavy atom. The fourth-order valence-corrected chi connectivity index (χ4v) is 2.79. The van der Waals surface area contributed by atoms with E-state index in [1.165, 1.54) is 11.0 Å². The molecule has 1 heterocycles. The summed E-state index contributed by atoms with van der Waals surface area (Å²) in [7, 11) is 1.59. The number of nitrogens with one attached hydrogen (secondary N) is 1. The number of methoxy groups -OCH3 is 1. The molecule has 0 fully saturated rings. The first-order valence-electron chi connectivity index (χ1n) is 5.09. The Labute approximate surface area is 126 Å². The Morgan fingerprint density at radius 1 is 1.47 bits per heavy atom. The summed E-state index contributed by atoms with van der Waals surface area (Å²) in [5, 5.41) is 11.4. The molecule has 0 atom stereocenters. The second kappa shape index (κ2) is 6.02. The molecule has 0 aliphatic rings. The van der Waals surface area contributed by atoms with Crippen LogP contribution < -0.4 is 16.0 Å². The third-order valence-electron chi connectivity index (χ3n) is 2.18. The molecule has 0 spiro atoms. The number of nitrogens with zero attached hydrogens (tertiary/aromatic N) is 4. The fourth-order valence-electron chi connectivity index (χ4n) is 1.37. The van der Waals surface area contributed by atoms with Gasteiger partial charge in [0.15, 0.2) is 0 Å². The van der Waals surface area contributed by atoms with Crippen LogP contribution in [0.2, 0.25) is 0 Å². The molecule has 9 heteroatoms. The molecular formula is C10H10Br2N6O. The highest BCUT2D eigenvalue weighted by Crippen LogP contribution is 2.31. The van der Waals surface area contributed by atoms with E-state index in [-0.39, 0.29) is 0 Å². The molecule has 3 N–H and O–H groups in total. The van der Waals surface area contributed by atoms with Crippen LogP contribution in [0.4, 0.5) is 5.95 Å². The van der Waals surface area contributed by atoms with Gasteiger partial charge in [0.2, 0.25) is 0 Å². The highest BCUT2D eigenvalue weighted by atomic mass is 79.9. The summed E-state index contributed by atoms with van der Waals surface area (Å²) in [4.78, 5) is 0. The molecule has 100 valence electrons. The lowest BCUT2D eigenvalue weighted by molar-refractivity contribution is 0.411. The van der Waals surface area contributed by atoms with Crippen molar-refractivity contribution < 1.29 is 4.74 Å². The molecule has 0 unspecified atom stereocenters. The van der Waals surface area contributed by atoms with Crippen molar-refractivity contribution in [2.75, 3.05) is 18.4 Å². The van der Waals surface area contributed by atoms with E-state index in [0.29, 0.717) is 11.7 Å². The minimum absolute atomic E-state index is 0.337. The number of aromatic nitrogens is 3. The molecule has 0 saturated carbocycles. The average Bonchev–Trinajstić information content (AvgIpc) is 2.75. The normalized spacial score (nSPS) is 10.9. The second-order valence-electron chi connectivity index (χ2n) is 3.44. The van der Waals surface area contributed by atoms with E-state index in [9.17, 15) is 0 Å². The van der Waals surface area contributed by atoms with Crippen LogP contribution in [0.25, 0.3) is 0 Å². The first-order chi connectivity index (χ1) is 9.11. The van der Waals surface area contributed by atoms with Crippen LogP contribution in [-0.4, -0.2) is 28.2 Å². The zero-order valence-corrected chi connectivity index (χ0v) is 13.0. The Hall–Kier alpha value is -1.61. The standard InChI is InChI=1S/C10H10Br2N6O/c1-19-9-6(2-7(11)3-8(9)12)4-14-16-10-17-15-5-18(10)13/h2-5H,13H2,1H3,(H,16,17)/b14-4+. The van der Waals surface area contributed by atoms with E-state index in [1.807, 2.05) is 12.1 Å². The van der Waals surface area contributed by atoms with E-state index in [1.54, 1.807) is 13.3 Å². The first-order valence-corrected chi connectivity index (χ1v) is 6.67. The zero-order valence-electron chi connectivity index (χ0n) is 9.84. The summed E-state index contributed by atoms with van der Waals surface area (Å²) in [6, 6.07) is 3.77. The van der Waals surface area contributed by atoms with Crippen LogP contribution in [0.3, 0.4) is 0 Å². The van der Waals surface area contributed by atoms with Gasteiger partial charge in [0.1, 0.15) is 12.1 Å². The van der Waals surface area contributed by atoms with E-state index in [2.05, 4.69) is 52.6 Å². The minimum Gasteiger partial charge on any atom is -0.495 e. The molecule has 0 aliphatic heterocycles. The Balaban J connectivity index is 2.21. The monoisotopic (exact) mass is 388 g/mol. The highest BCUT2D eigenvalue weighted by molar-refractivity contribution is 9.11. The summed E-state index contributed by atoms with van der Waals surface area (Å²) in [6.07, 6.45) is 2.97. The number of rotatable bonds is 4. The number of hydrogen-bond acceptors (Lipinski definition) is 6. The summed E-state index contributed by atoms with van der Waals surface area (Å²) >= 11 is 6.82. The number of anilines is 1. The largest absolute Gasteiger partial charge is 0.495 e. The summed E-state index contributed by atoms with van der Waals surface area (Å²) in [5.74, 6) is 6.56. The maximum absolute atomic E-state index is 5.54. The lowest BCUT2D eigenvalue weighted by atomic mass is 10.2. The van der Waals surface area contributed by atoms with Gasteiger partial charge in [-0.05, 0) is 28.1 Å². The topological polar surface area (TPSA) is 90.3 Å². The third kappa shape index (κ3) is 3.24. The Bertz CT molecular complexity index is 612. The van der Waals surface area contributed by atoms with Gasteiger partial charge in [-0.2, -0.15) is 5.10 Å². The van der Waals surface area contributed by atoms with Crippen molar-refractivity contribution in [1.82, 2.24) is 14.9 Å². The van der Waals surface area contributed by atoms with Crippen molar-refractivity contribution >= 4 is 44.0 Å². The Morgan fingerprint density at radius 2 is 2.26 bits per heavy atom. The summed E-state index contributed by atoms with van der Waals surface area (Å²) in [5.41, 5.74) is 3.47. The number of ether oxygens (including phenoxy) is 1. The number of hydrazone groups is 1. The molecule has 19 heavy (non-hydrogen) atoms. The van der Waals surface area contributed by atoms with Crippen LogP contribution in [-0.2, 0) is 0 Å². The molecule has 7 nitrogen and oxygen atoms in total. The average molecular weight is 390 g/mol. The van der Waals surface area contributed by atoms with Crippen LogP contribution in [0.15, 0.2) is 32.5 Å². The number of hydrogen-bond donors (Lipinski definition) is 2. The third-order valence-corrected chi connectivity index (χ3v) is 3.23. The van der Waals surface area contributed by atoms with E-state index in [4.69, 9.17) is 10.6 Å². The van der Waals surface area contributed by atoms with Crippen molar-refractivity contribution in [3.8, 4) is 5.75 Å². The van der Waals surface area contributed by atoms with Gasteiger partial charge < -0.3 is 10.6 Å². The minimum atomic E-state index is 0.337. The number of benzene rings is 1. The van der Waals surface area contributed by atoms with E-state index in [0.717, 1.165) is 14.5 Å². The predicted octanol–water partition coefficient (Wildman–Crippen LogP) is 1.97. The van der Waals surface area contributed by atoms with E-state index >= 15 is 0 Å². The predicted molar refractivity (Wildman–Crippen MR) is 79.8 cm³/mol. The molecule has 2 rings (SSSR count). The molecule has 0 aliphatic carbocycles. The van der Waals surface area contributed by atoms with Crippen LogP contribution in [0.1, 0.15) is 5.56 Å². The highest BCUT2D eigenvalue weighted by Gasteiger charge is 2.07. The molecule has 0 saturated heterocycles. The molecule has 2 aromatic rings. The van der Waals surface area contributed by atoms with Gasteiger partial charge in [0.05, 0.1) is 17.8 Å². The first kappa shape index (κ1) is 13.8. The smallest absolute Gasteiger partial charge is 0.263 e. The quantitative estimate of drug-likeness (QED) is 0.474. The van der Waals surface area contributed by atoms with Crippen molar-refractivity contribution in [3.63, 3.8) is 0 Å². The number of halogens is 2. The fraction of sp³-hybridized carbons (Fsp3) is 0.100. The zero-order chi connectivity index (χ0) is 13.8. The van der Waals surface area contributed by atoms with Gasteiger partial charge in [-0.1, -0.05) is 15.9 Å². The number of nitrogens with two attached hydrogens (primary N) is 1.